The molecule has 1 unspecified atom stereocenters. The highest BCUT2D eigenvalue weighted by Crippen LogP contribution is 2.13. The van der Waals surface area contributed by atoms with Crippen LogP contribution in [-0.4, -0.2) is 6.10 Å². The molecule has 0 spiro atoms. The van der Waals surface area contributed by atoms with Crippen LogP contribution < -0.4 is 5.73 Å². The number of nitrogen functional groups attached to an aromatic ring is 1. The van der Waals surface area contributed by atoms with Gasteiger partial charge in [0.15, 0.2) is 0 Å². The Labute approximate surface area is 83.9 Å². The van der Waals surface area contributed by atoms with Gasteiger partial charge in [-0.05, 0) is 31.0 Å². The number of hydrogen-bond acceptors (Lipinski definition) is 2. The fourth-order valence-corrected chi connectivity index (χ4v) is 1.02. The second-order valence-corrected chi connectivity index (χ2v) is 3.39. The molecule has 0 aliphatic rings. The van der Waals surface area contributed by atoms with Crippen LogP contribution in [0.1, 0.15) is 25.8 Å². The summed E-state index contributed by atoms with van der Waals surface area (Å²) in [7, 11) is 0. The number of anilines is 1. The maximum absolute atomic E-state index is 13.0. The van der Waals surface area contributed by atoms with E-state index in [2.05, 4.69) is 0 Å². The van der Waals surface area contributed by atoms with Crippen LogP contribution >= 0.6 is 0 Å². The van der Waals surface area contributed by atoms with Crippen LogP contribution in [0.25, 0.3) is 0 Å². The van der Waals surface area contributed by atoms with Gasteiger partial charge < -0.3 is 10.5 Å². The molecule has 0 saturated heterocycles. The molecule has 0 radical (unpaired) electrons. The molecular formula is C11H16FNO. The summed E-state index contributed by atoms with van der Waals surface area (Å²) in [4.78, 5) is 0. The third-order valence-electron chi connectivity index (χ3n) is 2.17. The lowest BCUT2D eigenvalue weighted by Gasteiger charge is -2.10. The van der Waals surface area contributed by atoms with Crippen LogP contribution in [0.5, 0.6) is 0 Å². The summed E-state index contributed by atoms with van der Waals surface area (Å²) in [5.41, 5.74) is 6.35. The van der Waals surface area contributed by atoms with Gasteiger partial charge in [-0.2, -0.15) is 0 Å². The van der Waals surface area contributed by atoms with Crippen LogP contribution in [0, 0.1) is 5.82 Å². The molecule has 14 heavy (non-hydrogen) atoms. The molecule has 2 nitrogen and oxygen atoms in total. The molecule has 1 rings (SSSR count). The Hall–Kier alpha value is -1.09. The van der Waals surface area contributed by atoms with Crippen molar-refractivity contribution in [2.75, 3.05) is 5.73 Å². The van der Waals surface area contributed by atoms with Gasteiger partial charge in [0.25, 0.3) is 0 Å². The topological polar surface area (TPSA) is 35.2 Å². The molecule has 0 bridgehead atoms. The number of nitrogens with two attached hydrogens (primary N) is 1. The fraction of sp³-hybridized carbons (Fsp3) is 0.455. The molecule has 0 heterocycles. The third-order valence-corrected chi connectivity index (χ3v) is 2.17. The van der Waals surface area contributed by atoms with Crippen molar-refractivity contribution < 1.29 is 9.13 Å². The Balaban J connectivity index is 2.55. The zero-order valence-electron chi connectivity index (χ0n) is 8.59. The lowest BCUT2D eigenvalue weighted by Crippen LogP contribution is -2.06. The van der Waals surface area contributed by atoms with Gasteiger partial charge in [0.05, 0.1) is 18.4 Å². The second-order valence-electron chi connectivity index (χ2n) is 3.39. The summed E-state index contributed by atoms with van der Waals surface area (Å²) in [5, 5.41) is 0. The molecule has 0 aromatic heterocycles. The largest absolute Gasteiger partial charge is 0.396 e. The van der Waals surface area contributed by atoms with E-state index in [1.807, 2.05) is 13.8 Å². The smallest absolute Gasteiger partial charge is 0.146 e. The number of halogens is 1. The Bertz CT molecular complexity index is 301. The van der Waals surface area contributed by atoms with Gasteiger partial charge in [0, 0.05) is 0 Å². The molecule has 0 amide bonds. The van der Waals surface area contributed by atoms with Crippen molar-refractivity contribution in [1.82, 2.24) is 0 Å². The van der Waals surface area contributed by atoms with Gasteiger partial charge in [-0.25, -0.2) is 4.39 Å². The summed E-state index contributed by atoms with van der Waals surface area (Å²) in [6.07, 6.45) is 1.16. The first-order valence-corrected chi connectivity index (χ1v) is 4.79. The molecular weight excluding hydrogens is 181 g/mol. The van der Waals surface area contributed by atoms with Crippen LogP contribution in [-0.2, 0) is 11.3 Å². The predicted octanol–water partition coefficient (Wildman–Crippen LogP) is 2.72. The minimum atomic E-state index is -0.379. The highest BCUT2D eigenvalue weighted by Gasteiger charge is 2.02. The standard InChI is InChI=1S/C11H16FNO/c1-3-8(2)14-7-9-4-5-11(13)10(12)6-9/h4-6,8H,3,7,13H2,1-2H3. The molecule has 0 fully saturated rings. The molecule has 0 aliphatic carbocycles. The van der Waals surface area contributed by atoms with E-state index in [0.717, 1.165) is 12.0 Å². The first-order chi connectivity index (χ1) is 6.63. The van der Waals surface area contributed by atoms with E-state index in [1.54, 1.807) is 12.1 Å². The second kappa shape index (κ2) is 4.96. The highest BCUT2D eigenvalue weighted by molar-refractivity contribution is 5.41. The van der Waals surface area contributed by atoms with Crippen LogP contribution in [0.15, 0.2) is 18.2 Å². The monoisotopic (exact) mass is 197 g/mol. The van der Waals surface area contributed by atoms with Crippen molar-refractivity contribution >= 4 is 5.69 Å². The number of rotatable bonds is 4. The van der Waals surface area contributed by atoms with Gasteiger partial charge in [0.2, 0.25) is 0 Å². The molecule has 0 aliphatic heterocycles. The predicted molar refractivity (Wildman–Crippen MR) is 55.4 cm³/mol. The van der Waals surface area contributed by atoms with Gasteiger partial charge in [-0.3, -0.25) is 0 Å². The molecule has 1 atom stereocenters. The molecule has 2 N–H and O–H groups in total. The molecule has 1 aromatic rings. The fourth-order valence-electron chi connectivity index (χ4n) is 1.02. The maximum atomic E-state index is 13.0. The zero-order chi connectivity index (χ0) is 10.6. The average Bonchev–Trinajstić information content (AvgIpc) is 2.19. The first kappa shape index (κ1) is 11.0. The van der Waals surface area contributed by atoms with Gasteiger partial charge >= 0.3 is 0 Å². The van der Waals surface area contributed by atoms with E-state index in [4.69, 9.17) is 10.5 Å². The number of benzene rings is 1. The highest BCUT2D eigenvalue weighted by atomic mass is 19.1. The lowest BCUT2D eigenvalue weighted by molar-refractivity contribution is 0.0507. The lowest BCUT2D eigenvalue weighted by atomic mass is 10.2. The van der Waals surface area contributed by atoms with Crippen molar-refractivity contribution in [3.8, 4) is 0 Å². The third kappa shape index (κ3) is 3.00. The van der Waals surface area contributed by atoms with Crippen molar-refractivity contribution in [3.63, 3.8) is 0 Å². The van der Waals surface area contributed by atoms with E-state index >= 15 is 0 Å². The van der Waals surface area contributed by atoms with E-state index in [0.29, 0.717) is 6.61 Å². The minimum Gasteiger partial charge on any atom is -0.396 e. The van der Waals surface area contributed by atoms with Crippen molar-refractivity contribution in [2.24, 2.45) is 0 Å². The number of hydrogen-bond donors (Lipinski definition) is 1. The van der Waals surface area contributed by atoms with Crippen molar-refractivity contribution in [3.05, 3.63) is 29.6 Å². The van der Waals surface area contributed by atoms with E-state index in [1.165, 1.54) is 6.07 Å². The first-order valence-electron chi connectivity index (χ1n) is 4.79. The number of ether oxygens (including phenoxy) is 1. The van der Waals surface area contributed by atoms with Gasteiger partial charge in [0.1, 0.15) is 5.82 Å². The quantitative estimate of drug-likeness (QED) is 0.753. The van der Waals surface area contributed by atoms with Crippen LogP contribution in [0.4, 0.5) is 10.1 Å². The summed E-state index contributed by atoms with van der Waals surface area (Å²) in [6, 6.07) is 4.75. The van der Waals surface area contributed by atoms with Crippen molar-refractivity contribution in [2.45, 2.75) is 33.0 Å². The van der Waals surface area contributed by atoms with Gasteiger partial charge in [-0.15, -0.1) is 0 Å². The molecule has 1 aromatic carbocycles. The molecule has 3 heteroatoms. The van der Waals surface area contributed by atoms with E-state index in [9.17, 15) is 4.39 Å². The Kier molecular flexibility index (Phi) is 3.89. The van der Waals surface area contributed by atoms with Crippen LogP contribution in [0.2, 0.25) is 0 Å². The minimum absolute atomic E-state index is 0.178. The van der Waals surface area contributed by atoms with E-state index in [-0.39, 0.29) is 17.6 Å². The summed E-state index contributed by atoms with van der Waals surface area (Å²) < 4.78 is 18.5. The normalized spacial score (nSPS) is 12.8. The summed E-state index contributed by atoms with van der Waals surface area (Å²) in [5.74, 6) is -0.379. The Morgan fingerprint density at radius 1 is 1.50 bits per heavy atom. The average molecular weight is 197 g/mol. The molecule has 0 saturated carbocycles. The molecule has 78 valence electrons. The zero-order valence-corrected chi connectivity index (χ0v) is 8.59. The van der Waals surface area contributed by atoms with Gasteiger partial charge in [-0.1, -0.05) is 13.0 Å². The summed E-state index contributed by atoms with van der Waals surface area (Å²) >= 11 is 0. The van der Waals surface area contributed by atoms with E-state index < -0.39 is 0 Å². The summed E-state index contributed by atoms with van der Waals surface area (Å²) in [6.45, 7) is 4.48. The maximum Gasteiger partial charge on any atom is 0.146 e. The SMILES string of the molecule is CCC(C)OCc1ccc(N)c(F)c1. The Morgan fingerprint density at radius 2 is 2.21 bits per heavy atom. The van der Waals surface area contributed by atoms with Crippen molar-refractivity contribution in [1.29, 1.82) is 0 Å². The van der Waals surface area contributed by atoms with Crippen LogP contribution in [0.3, 0.4) is 0 Å². The Morgan fingerprint density at radius 3 is 2.79 bits per heavy atom.